The Morgan fingerprint density at radius 2 is 1.85 bits per heavy atom. The van der Waals surface area contributed by atoms with Crippen molar-refractivity contribution < 1.29 is 0 Å². The van der Waals surface area contributed by atoms with E-state index in [2.05, 4.69) is 41.1 Å². The number of rotatable bonds is 3. The first-order chi connectivity index (χ1) is 13.1. The van der Waals surface area contributed by atoms with Crippen LogP contribution in [-0.2, 0) is 12.0 Å². The summed E-state index contributed by atoms with van der Waals surface area (Å²) in [6.45, 7) is 4.30. The molecule has 1 N–H and O–H groups in total. The van der Waals surface area contributed by atoms with Gasteiger partial charge in [-0.2, -0.15) is 5.26 Å². The number of aromatic amines is 1. The molecule has 4 rings (SSSR count). The van der Waals surface area contributed by atoms with Crippen LogP contribution < -0.4 is 5.56 Å². The number of benzene rings is 2. The Bertz CT molecular complexity index is 1050. The molecule has 0 radical (unpaired) electrons. The number of hydrogen-bond acceptors (Lipinski definition) is 3. The zero-order chi connectivity index (χ0) is 18.9. The van der Waals surface area contributed by atoms with E-state index in [1.165, 1.54) is 5.56 Å². The van der Waals surface area contributed by atoms with Crippen LogP contribution in [0.2, 0.25) is 0 Å². The Morgan fingerprint density at radius 3 is 2.56 bits per heavy atom. The van der Waals surface area contributed by atoms with Crippen molar-refractivity contribution in [1.82, 2.24) is 9.88 Å². The summed E-state index contributed by atoms with van der Waals surface area (Å²) < 4.78 is 0. The summed E-state index contributed by atoms with van der Waals surface area (Å²) in [5.41, 5.74) is 3.51. The Morgan fingerprint density at radius 1 is 1.11 bits per heavy atom. The second-order valence-electron chi connectivity index (χ2n) is 7.55. The molecule has 4 heteroatoms. The number of H-pyrrole nitrogens is 1. The molecule has 2 heterocycles. The van der Waals surface area contributed by atoms with E-state index in [0.29, 0.717) is 6.54 Å². The van der Waals surface area contributed by atoms with Crippen molar-refractivity contribution in [2.24, 2.45) is 0 Å². The molecule has 3 aromatic rings. The van der Waals surface area contributed by atoms with Crippen LogP contribution in [0.25, 0.3) is 10.9 Å². The lowest BCUT2D eigenvalue weighted by molar-refractivity contribution is 0.178. The minimum Gasteiger partial charge on any atom is -0.322 e. The Kier molecular flexibility index (Phi) is 4.55. The van der Waals surface area contributed by atoms with E-state index in [0.717, 1.165) is 48.0 Å². The number of pyridine rings is 1. The zero-order valence-electron chi connectivity index (χ0n) is 15.5. The van der Waals surface area contributed by atoms with Gasteiger partial charge in [0.25, 0.3) is 5.56 Å². The highest BCUT2D eigenvalue weighted by Crippen LogP contribution is 2.35. The molecule has 1 aliphatic rings. The third-order valence-corrected chi connectivity index (χ3v) is 5.72. The van der Waals surface area contributed by atoms with Crippen LogP contribution in [0, 0.1) is 18.3 Å². The van der Waals surface area contributed by atoms with Crippen LogP contribution in [0.15, 0.2) is 59.4 Å². The first-order valence-electron chi connectivity index (χ1n) is 9.41. The van der Waals surface area contributed by atoms with Gasteiger partial charge in [0.15, 0.2) is 0 Å². The molecule has 1 fully saturated rings. The van der Waals surface area contributed by atoms with Gasteiger partial charge in [-0.25, -0.2) is 0 Å². The molecule has 1 aromatic heterocycles. The Hall–Kier alpha value is -2.90. The molecule has 0 unspecified atom stereocenters. The van der Waals surface area contributed by atoms with Crippen molar-refractivity contribution in [3.8, 4) is 6.07 Å². The lowest BCUT2D eigenvalue weighted by Gasteiger charge is -2.37. The first kappa shape index (κ1) is 17.5. The van der Waals surface area contributed by atoms with Gasteiger partial charge in [-0.1, -0.05) is 42.0 Å². The van der Waals surface area contributed by atoms with E-state index >= 15 is 0 Å². The molecule has 136 valence electrons. The highest BCUT2D eigenvalue weighted by molar-refractivity contribution is 5.79. The molecule has 0 aliphatic carbocycles. The van der Waals surface area contributed by atoms with Crippen LogP contribution in [0.1, 0.15) is 29.5 Å². The van der Waals surface area contributed by atoms with Crippen molar-refractivity contribution in [3.63, 3.8) is 0 Å². The number of aryl methyl sites for hydroxylation is 1. The summed E-state index contributed by atoms with van der Waals surface area (Å²) in [6.07, 6.45) is 1.58. The van der Waals surface area contributed by atoms with Gasteiger partial charge in [0.2, 0.25) is 0 Å². The van der Waals surface area contributed by atoms with Gasteiger partial charge in [-0.05, 0) is 48.9 Å². The number of nitriles is 1. The second kappa shape index (κ2) is 7.02. The Labute approximate surface area is 159 Å². The summed E-state index contributed by atoms with van der Waals surface area (Å²) in [5, 5.41) is 10.9. The monoisotopic (exact) mass is 357 g/mol. The molecule has 0 atom stereocenters. The molecule has 0 bridgehead atoms. The highest BCUT2D eigenvalue weighted by atomic mass is 16.1. The number of aromatic nitrogens is 1. The number of fused-ring (bicyclic) bond motifs is 1. The molecule has 0 saturated carbocycles. The largest absolute Gasteiger partial charge is 0.322 e. The van der Waals surface area contributed by atoms with Crippen LogP contribution in [0.3, 0.4) is 0 Å². The van der Waals surface area contributed by atoms with Gasteiger partial charge in [0.1, 0.15) is 0 Å². The fraction of sp³-hybridized carbons (Fsp3) is 0.304. The maximum Gasteiger partial charge on any atom is 0.252 e. The number of hydrogen-bond donors (Lipinski definition) is 1. The quantitative estimate of drug-likeness (QED) is 0.773. The van der Waals surface area contributed by atoms with Crippen LogP contribution in [-0.4, -0.2) is 23.0 Å². The van der Waals surface area contributed by atoms with Crippen molar-refractivity contribution in [1.29, 1.82) is 5.26 Å². The van der Waals surface area contributed by atoms with E-state index < -0.39 is 5.41 Å². The van der Waals surface area contributed by atoms with Gasteiger partial charge >= 0.3 is 0 Å². The number of piperidine rings is 1. The van der Waals surface area contributed by atoms with Gasteiger partial charge in [0.05, 0.1) is 11.5 Å². The minimum atomic E-state index is -0.412. The molecular formula is C23H23N3O. The molecule has 2 aromatic carbocycles. The fourth-order valence-corrected chi connectivity index (χ4v) is 4.04. The standard InChI is InChI=1S/C23H23N3O/c1-17-7-8-21-18(13-17)14-19(22(27)25-21)15-26-11-9-23(16-24,10-12-26)20-5-3-2-4-6-20/h2-8,13-14H,9-12,15H2,1H3,(H,25,27). The third kappa shape index (κ3) is 3.39. The van der Waals surface area contributed by atoms with Gasteiger partial charge in [-0.3, -0.25) is 9.69 Å². The summed E-state index contributed by atoms with van der Waals surface area (Å²) in [5.74, 6) is 0. The lowest BCUT2D eigenvalue weighted by atomic mass is 9.74. The summed E-state index contributed by atoms with van der Waals surface area (Å²) in [7, 11) is 0. The van der Waals surface area contributed by atoms with Crippen molar-refractivity contribution >= 4 is 10.9 Å². The van der Waals surface area contributed by atoms with E-state index in [-0.39, 0.29) is 5.56 Å². The normalized spacial score (nSPS) is 16.9. The first-order valence-corrected chi connectivity index (χ1v) is 9.41. The molecule has 1 aliphatic heterocycles. The van der Waals surface area contributed by atoms with Crippen LogP contribution >= 0.6 is 0 Å². The SMILES string of the molecule is Cc1ccc2[nH]c(=O)c(CN3CCC(C#N)(c4ccccc4)CC3)cc2c1. The predicted molar refractivity (Wildman–Crippen MR) is 108 cm³/mol. The maximum atomic E-state index is 12.5. The molecule has 0 amide bonds. The van der Waals surface area contributed by atoms with Crippen molar-refractivity contribution in [3.05, 3.63) is 81.6 Å². The summed E-state index contributed by atoms with van der Waals surface area (Å²) in [6, 6.07) is 20.7. The molecular weight excluding hydrogens is 334 g/mol. The molecule has 4 nitrogen and oxygen atoms in total. The smallest absolute Gasteiger partial charge is 0.252 e. The zero-order valence-corrected chi connectivity index (χ0v) is 15.5. The summed E-state index contributed by atoms with van der Waals surface area (Å²) >= 11 is 0. The van der Waals surface area contributed by atoms with E-state index in [4.69, 9.17) is 0 Å². The van der Waals surface area contributed by atoms with Crippen molar-refractivity contribution in [2.75, 3.05) is 13.1 Å². The van der Waals surface area contributed by atoms with Crippen molar-refractivity contribution in [2.45, 2.75) is 31.7 Å². The predicted octanol–water partition coefficient (Wildman–Crippen LogP) is 3.89. The van der Waals surface area contributed by atoms with Crippen LogP contribution in [0.5, 0.6) is 0 Å². The molecule has 27 heavy (non-hydrogen) atoms. The fourth-order valence-electron chi connectivity index (χ4n) is 4.04. The number of nitrogens with one attached hydrogen (secondary N) is 1. The Balaban J connectivity index is 1.53. The highest BCUT2D eigenvalue weighted by Gasteiger charge is 2.36. The van der Waals surface area contributed by atoms with E-state index in [1.54, 1.807) is 0 Å². The third-order valence-electron chi connectivity index (χ3n) is 5.72. The average molecular weight is 357 g/mol. The number of nitrogens with zero attached hydrogens (tertiary/aromatic N) is 2. The second-order valence-corrected chi connectivity index (χ2v) is 7.55. The minimum absolute atomic E-state index is 0.0217. The topological polar surface area (TPSA) is 59.9 Å². The van der Waals surface area contributed by atoms with E-state index in [9.17, 15) is 10.1 Å². The van der Waals surface area contributed by atoms with Gasteiger partial charge in [0, 0.05) is 30.7 Å². The lowest BCUT2D eigenvalue weighted by Crippen LogP contribution is -2.42. The maximum absolute atomic E-state index is 12.5. The molecule has 1 saturated heterocycles. The van der Waals surface area contributed by atoms with Gasteiger partial charge < -0.3 is 4.98 Å². The van der Waals surface area contributed by atoms with E-state index in [1.807, 2.05) is 36.4 Å². The molecule has 0 spiro atoms. The number of likely N-dealkylation sites (tertiary alicyclic amines) is 1. The van der Waals surface area contributed by atoms with Crippen LogP contribution in [0.4, 0.5) is 0 Å². The van der Waals surface area contributed by atoms with Gasteiger partial charge in [-0.15, -0.1) is 0 Å². The average Bonchev–Trinajstić information content (AvgIpc) is 2.70. The summed E-state index contributed by atoms with van der Waals surface area (Å²) in [4.78, 5) is 17.7.